The molecule has 0 unspecified atom stereocenters. The highest BCUT2D eigenvalue weighted by Gasteiger charge is 2.32. The lowest BCUT2D eigenvalue weighted by molar-refractivity contribution is 0.0313. The van der Waals surface area contributed by atoms with Crippen LogP contribution in [-0.2, 0) is 6.42 Å². The van der Waals surface area contributed by atoms with E-state index in [9.17, 15) is 14.7 Å². The molecule has 7 heteroatoms. The molecule has 0 bridgehead atoms. The van der Waals surface area contributed by atoms with E-state index in [1.165, 1.54) is 12.5 Å². The minimum atomic E-state index is -0.824. The molecule has 2 atom stereocenters. The van der Waals surface area contributed by atoms with Crippen LogP contribution < -0.4 is 5.32 Å². The summed E-state index contributed by atoms with van der Waals surface area (Å²) in [6.45, 7) is 2.65. The van der Waals surface area contributed by atoms with Crippen LogP contribution >= 0.6 is 0 Å². The molecule has 2 N–H and O–H groups in total. The van der Waals surface area contributed by atoms with Gasteiger partial charge in [0.15, 0.2) is 0 Å². The summed E-state index contributed by atoms with van der Waals surface area (Å²) in [5.41, 5.74) is 1.76. The Hall–Kier alpha value is -2.80. The Morgan fingerprint density at radius 2 is 2.07 bits per heavy atom. The summed E-state index contributed by atoms with van der Waals surface area (Å²) in [4.78, 5) is 34.9. The fourth-order valence-corrected chi connectivity index (χ4v) is 3.27. The van der Waals surface area contributed by atoms with Crippen molar-refractivity contribution in [3.63, 3.8) is 0 Å². The SMILES string of the molecule is CCCc1ncncc1C(=O)N1CC[C@@H](NC(=O)c2ccccc2)[C@H](O)C1. The Kier molecular flexibility index (Phi) is 6.13. The number of amides is 2. The number of benzene rings is 1. The Balaban J connectivity index is 1.63. The van der Waals surface area contributed by atoms with Gasteiger partial charge in [-0.2, -0.15) is 0 Å². The van der Waals surface area contributed by atoms with Crippen LogP contribution in [0.4, 0.5) is 0 Å². The van der Waals surface area contributed by atoms with Gasteiger partial charge < -0.3 is 15.3 Å². The minimum absolute atomic E-state index is 0.166. The molecular weight excluding hydrogens is 344 g/mol. The number of aliphatic hydroxyl groups is 1. The molecule has 1 saturated heterocycles. The van der Waals surface area contributed by atoms with Crippen LogP contribution in [0.1, 0.15) is 46.2 Å². The maximum atomic E-state index is 12.8. The highest BCUT2D eigenvalue weighted by Crippen LogP contribution is 2.17. The molecule has 0 spiro atoms. The summed E-state index contributed by atoms with van der Waals surface area (Å²) in [7, 11) is 0. The van der Waals surface area contributed by atoms with Crippen molar-refractivity contribution in [2.45, 2.75) is 38.3 Å². The molecule has 2 heterocycles. The average Bonchev–Trinajstić information content (AvgIpc) is 2.70. The van der Waals surface area contributed by atoms with Gasteiger partial charge in [0.2, 0.25) is 0 Å². The molecule has 7 nitrogen and oxygen atoms in total. The minimum Gasteiger partial charge on any atom is -0.389 e. The van der Waals surface area contributed by atoms with E-state index in [4.69, 9.17) is 0 Å². The number of carbonyl (C=O) groups is 2. The predicted octanol–water partition coefficient (Wildman–Crippen LogP) is 1.43. The summed E-state index contributed by atoms with van der Waals surface area (Å²) in [6, 6.07) is 8.50. The van der Waals surface area contributed by atoms with Crippen molar-refractivity contribution in [2.24, 2.45) is 0 Å². The number of β-amino-alcohol motifs (C(OH)–C–C–N with tert-alkyl or cyclic N) is 1. The first-order valence-electron chi connectivity index (χ1n) is 9.22. The molecule has 27 heavy (non-hydrogen) atoms. The number of aryl methyl sites for hydroxylation is 1. The van der Waals surface area contributed by atoms with Crippen molar-refractivity contribution < 1.29 is 14.7 Å². The number of hydrogen-bond acceptors (Lipinski definition) is 5. The van der Waals surface area contributed by atoms with Gasteiger partial charge >= 0.3 is 0 Å². The van der Waals surface area contributed by atoms with E-state index in [1.807, 2.05) is 13.0 Å². The third-order valence-electron chi connectivity index (χ3n) is 4.73. The zero-order valence-corrected chi connectivity index (χ0v) is 15.3. The maximum Gasteiger partial charge on any atom is 0.257 e. The summed E-state index contributed by atoms with van der Waals surface area (Å²) >= 11 is 0. The van der Waals surface area contributed by atoms with E-state index in [1.54, 1.807) is 29.2 Å². The normalized spacial score (nSPS) is 19.6. The molecule has 3 rings (SSSR count). The molecule has 1 aromatic heterocycles. The molecular formula is C20H24N4O3. The first-order chi connectivity index (χ1) is 13.1. The average molecular weight is 368 g/mol. The first-order valence-corrected chi connectivity index (χ1v) is 9.22. The zero-order chi connectivity index (χ0) is 19.2. The molecule has 1 aromatic carbocycles. The maximum absolute atomic E-state index is 12.8. The molecule has 1 aliphatic heterocycles. The van der Waals surface area contributed by atoms with E-state index in [0.29, 0.717) is 30.5 Å². The van der Waals surface area contributed by atoms with Gasteiger partial charge in [-0.1, -0.05) is 31.5 Å². The third kappa shape index (κ3) is 4.49. The Morgan fingerprint density at radius 3 is 2.78 bits per heavy atom. The fourth-order valence-electron chi connectivity index (χ4n) is 3.27. The van der Waals surface area contributed by atoms with Crippen LogP contribution in [0.3, 0.4) is 0 Å². The Morgan fingerprint density at radius 1 is 1.30 bits per heavy atom. The molecule has 0 saturated carbocycles. The van der Waals surface area contributed by atoms with Gasteiger partial charge in [0.05, 0.1) is 23.4 Å². The van der Waals surface area contributed by atoms with Gasteiger partial charge in [-0.25, -0.2) is 9.97 Å². The van der Waals surface area contributed by atoms with Crippen molar-refractivity contribution in [2.75, 3.05) is 13.1 Å². The van der Waals surface area contributed by atoms with Crippen LogP contribution in [0.25, 0.3) is 0 Å². The number of rotatable bonds is 5. The second-order valence-corrected chi connectivity index (χ2v) is 6.69. The molecule has 0 radical (unpaired) electrons. The lowest BCUT2D eigenvalue weighted by atomic mass is 10.00. The second kappa shape index (κ2) is 8.73. The highest BCUT2D eigenvalue weighted by atomic mass is 16.3. The smallest absolute Gasteiger partial charge is 0.257 e. The van der Waals surface area contributed by atoms with Gasteiger partial charge in [-0.05, 0) is 25.0 Å². The molecule has 0 aliphatic carbocycles. The number of aromatic nitrogens is 2. The van der Waals surface area contributed by atoms with Crippen LogP contribution in [0, 0.1) is 0 Å². The Labute approximate surface area is 158 Å². The van der Waals surface area contributed by atoms with Gasteiger partial charge in [-0.15, -0.1) is 0 Å². The van der Waals surface area contributed by atoms with Crippen LogP contribution in [0.2, 0.25) is 0 Å². The van der Waals surface area contributed by atoms with Crippen LogP contribution in [0.15, 0.2) is 42.9 Å². The highest BCUT2D eigenvalue weighted by molar-refractivity contribution is 5.95. The number of carbonyl (C=O) groups excluding carboxylic acids is 2. The van der Waals surface area contributed by atoms with E-state index in [2.05, 4.69) is 15.3 Å². The molecule has 2 amide bonds. The molecule has 2 aromatic rings. The van der Waals surface area contributed by atoms with Crippen molar-refractivity contribution in [3.8, 4) is 0 Å². The number of piperidine rings is 1. The largest absolute Gasteiger partial charge is 0.389 e. The summed E-state index contributed by atoms with van der Waals surface area (Å²) in [5, 5.41) is 13.3. The summed E-state index contributed by atoms with van der Waals surface area (Å²) in [5.74, 6) is -0.396. The van der Waals surface area contributed by atoms with Gasteiger partial charge in [0.25, 0.3) is 11.8 Å². The van der Waals surface area contributed by atoms with Crippen LogP contribution in [-0.4, -0.2) is 57.0 Å². The van der Waals surface area contributed by atoms with Gasteiger partial charge in [0, 0.05) is 24.8 Å². The quantitative estimate of drug-likeness (QED) is 0.833. The molecule has 1 fully saturated rings. The zero-order valence-electron chi connectivity index (χ0n) is 15.3. The van der Waals surface area contributed by atoms with Gasteiger partial charge in [-0.3, -0.25) is 9.59 Å². The van der Waals surface area contributed by atoms with Crippen molar-refractivity contribution in [1.29, 1.82) is 0 Å². The van der Waals surface area contributed by atoms with Crippen LogP contribution in [0.5, 0.6) is 0 Å². The summed E-state index contributed by atoms with van der Waals surface area (Å²) in [6.07, 6.45) is 4.23. The molecule has 1 aliphatic rings. The van der Waals surface area contributed by atoms with E-state index in [0.717, 1.165) is 12.1 Å². The molecule has 142 valence electrons. The second-order valence-electron chi connectivity index (χ2n) is 6.69. The van der Waals surface area contributed by atoms with E-state index in [-0.39, 0.29) is 24.4 Å². The monoisotopic (exact) mass is 368 g/mol. The van der Waals surface area contributed by atoms with Crippen molar-refractivity contribution in [1.82, 2.24) is 20.2 Å². The predicted molar refractivity (Wildman–Crippen MR) is 100 cm³/mol. The first kappa shape index (κ1) is 19.0. The van der Waals surface area contributed by atoms with E-state index < -0.39 is 6.10 Å². The lowest BCUT2D eigenvalue weighted by Crippen LogP contribution is -2.55. The van der Waals surface area contributed by atoms with E-state index >= 15 is 0 Å². The van der Waals surface area contributed by atoms with Crippen molar-refractivity contribution in [3.05, 3.63) is 59.7 Å². The summed E-state index contributed by atoms with van der Waals surface area (Å²) < 4.78 is 0. The van der Waals surface area contributed by atoms with Gasteiger partial charge in [0.1, 0.15) is 6.33 Å². The third-order valence-corrected chi connectivity index (χ3v) is 4.73. The lowest BCUT2D eigenvalue weighted by Gasteiger charge is -2.36. The number of nitrogens with one attached hydrogen (secondary N) is 1. The number of aliphatic hydroxyl groups excluding tert-OH is 1. The standard InChI is InChI=1S/C20H24N4O3/c1-2-6-16-15(11-21-13-22-16)20(27)24-10-9-17(18(25)12-24)23-19(26)14-7-4-3-5-8-14/h3-5,7-8,11,13,17-18,25H,2,6,9-10,12H2,1H3,(H,23,26)/t17-,18-/m1/s1. The number of likely N-dealkylation sites (tertiary alicyclic amines) is 1. The topological polar surface area (TPSA) is 95.4 Å². The number of nitrogens with zero attached hydrogens (tertiary/aromatic N) is 3. The van der Waals surface area contributed by atoms with Crippen molar-refractivity contribution >= 4 is 11.8 Å². The Bertz CT molecular complexity index is 797. The number of hydrogen-bond donors (Lipinski definition) is 2. The fraction of sp³-hybridized carbons (Fsp3) is 0.400.